The van der Waals surface area contributed by atoms with Gasteiger partial charge in [-0.05, 0) is 32.7 Å². The summed E-state index contributed by atoms with van der Waals surface area (Å²) in [5.41, 5.74) is 10.3. The molecule has 1 saturated heterocycles. The first-order chi connectivity index (χ1) is 7.08. The average Bonchev–Trinajstić information content (AvgIpc) is 2.70. The molecule has 0 spiro atoms. The fraction of sp³-hybridized carbons (Fsp3) is 0.909. The zero-order valence-electron chi connectivity index (χ0n) is 10.4. The van der Waals surface area contributed by atoms with Crippen LogP contribution in [0.25, 0.3) is 0 Å². The summed E-state index contributed by atoms with van der Waals surface area (Å²) in [6.07, 6.45) is 3.94. The molecule has 1 amide bonds. The first-order valence-electron chi connectivity index (χ1n) is 5.80. The van der Waals surface area contributed by atoms with Crippen LogP contribution in [-0.2, 0) is 4.79 Å². The Morgan fingerprint density at radius 3 is 2.00 bits per heavy atom. The third-order valence-corrected chi connectivity index (χ3v) is 1.84. The molecule has 0 aromatic rings. The topological polar surface area (TPSA) is 81.1 Å². The Kier molecular flexibility index (Phi) is 15.0. The lowest BCUT2D eigenvalue weighted by atomic mass is 10.3. The lowest BCUT2D eigenvalue weighted by Crippen LogP contribution is -2.12. The zero-order valence-corrected chi connectivity index (χ0v) is 10.4. The Hall–Kier alpha value is -0.610. The van der Waals surface area contributed by atoms with Gasteiger partial charge in [0.05, 0.1) is 0 Å². The van der Waals surface area contributed by atoms with E-state index in [9.17, 15) is 4.79 Å². The smallest absolute Gasteiger partial charge is 0.220 e. The summed E-state index contributed by atoms with van der Waals surface area (Å²) in [5.74, 6) is 0.204. The molecule has 1 aliphatic heterocycles. The lowest BCUT2D eigenvalue weighted by Gasteiger charge is -1.91. The largest absolute Gasteiger partial charge is 0.356 e. The van der Waals surface area contributed by atoms with Crippen molar-refractivity contribution in [2.24, 2.45) is 11.5 Å². The van der Waals surface area contributed by atoms with Crippen molar-refractivity contribution in [3.05, 3.63) is 0 Å². The van der Waals surface area contributed by atoms with Crippen molar-refractivity contribution in [3.63, 3.8) is 0 Å². The van der Waals surface area contributed by atoms with E-state index >= 15 is 0 Å². The Labute approximate surface area is 93.8 Å². The molecule has 4 nitrogen and oxygen atoms in total. The Morgan fingerprint density at radius 1 is 1.47 bits per heavy atom. The number of hydrogen-bond acceptors (Lipinski definition) is 3. The molecule has 0 aromatic carbocycles. The van der Waals surface area contributed by atoms with Gasteiger partial charge in [-0.25, -0.2) is 0 Å². The van der Waals surface area contributed by atoms with E-state index in [4.69, 9.17) is 11.5 Å². The van der Waals surface area contributed by atoms with Crippen molar-refractivity contribution in [2.45, 2.75) is 52.5 Å². The maximum absolute atomic E-state index is 10.1. The van der Waals surface area contributed by atoms with E-state index in [-0.39, 0.29) is 5.91 Å². The van der Waals surface area contributed by atoms with Crippen LogP contribution in [0.4, 0.5) is 0 Å². The van der Waals surface area contributed by atoms with Crippen LogP contribution in [-0.4, -0.2) is 25.0 Å². The first kappa shape index (κ1) is 16.8. The molecule has 0 aromatic heterocycles. The molecule has 92 valence electrons. The van der Waals surface area contributed by atoms with Crippen LogP contribution in [0.15, 0.2) is 0 Å². The summed E-state index contributed by atoms with van der Waals surface area (Å²) < 4.78 is 0. The summed E-state index contributed by atoms with van der Waals surface area (Å²) in [6.45, 7) is 7.84. The van der Waals surface area contributed by atoms with Crippen LogP contribution in [0.3, 0.4) is 0 Å². The predicted molar refractivity (Wildman–Crippen MR) is 65.5 cm³/mol. The molecule has 4 heteroatoms. The standard InChI is InChI=1S/C4H7NO.C4H11N.C3H9N/c6-4-2-1-3-5-4;1-3-4(2)5;1-2-3-4/h1-3H2,(H,5,6);4H,3,5H2,1-2H3;2-4H2,1H3. The summed E-state index contributed by atoms with van der Waals surface area (Å²) in [7, 11) is 0. The number of hydrogen-bond donors (Lipinski definition) is 3. The molecule has 1 heterocycles. The van der Waals surface area contributed by atoms with Crippen molar-refractivity contribution in [2.75, 3.05) is 13.1 Å². The zero-order chi connectivity index (χ0) is 12.1. The van der Waals surface area contributed by atoms with Crippen molar-refractivity contribution in [3.8, 4) is 0 Å². The Bertz CT molecular complexity index is 128. The summed E-state index contributed by atoms with van der Waals surface area (Å²) in [4.78, 5) is 10.1. The molecular weight excluding hydrogens is 190 g/mol. The second-order valence-corrected chi connectivity index (χ2v) is 3.63. The van der Waals surface area contributed by atoms with Crippen LogP contribution in [0, 0.1) is 0 Å². The minimum atomic E-state index is 0.204. The Morgan fingerprint density at radius 2 is 1.93 bits per heavy atom. The van der Waals surface area contributed by atoms with E-state index in [1.807, 2.05) is 6.92 Å². The lowest BCUT2D eigenvalue weighted by molar-refractivity contribution is -0.119. The summed E-state index contributed by atoms with van der Waals surface area (Å²) in [6, 6.07) is 0.384. The highest BCUT2D eigenvalue weighted by molar-refractivity contribution is 5.77. The molecule has 5 N–H and O–H groups in total. The van der Waals surface area contributed by atoms with Gasteiger partial charge in [-0.3, -0.25) is 4.79 Å². The quantitative estimate of drug-likeness (QED) is 0.645. The number of carbonyl (C=O) groups excluding carboxylic acids is 1. The minimum absolute atomic E-state index is 0.204. The van der Waals surface area contributed by atoms with E-state index in [1.165, 1.54) is 0 Å². The van der Waals surface area contributed by atoms with Gasteiger partial charge in [0, 0.05) is 19.0 Å². The van der Waals surface area contributed by atoms with Crippen LogP contribution >= 0.6 is 0 Å². The molecule has 0 aliphatic carbocycles. The normalized spacial score (nSPS) is 15.4. The van der Waals surface area contributed by atoms with Crippen LogP contribution in [0.1, 0.15) is 46.5 Å². The molecule has 1 fully saturated rings. The van der Waals surface area contributed by atoms with Gasteiger partial charge in [-0.1, -0.05) is 13.8 Å². The predicted octanol–water partition coefficient (Wildman–Crippen LogP) is 0.995. The van der Waals surface area contributed by atoms with Gasteiger partial charge in [0.2, 0.25) is 5.91 Å². The second kappa shape index (κ2) is 13.4. The third-order valence-electron chi connectivity index (χ3n) is 1.84. The third kappa shape index (κ3) is 19.7. The SMILES string of the molecule is CCC(C)N.CCCN.O=C1CCCN1. The van der Waals surface area contributed by atoms with Crippen molar-refractivity contribution >= 4 is 5.91 Å². The van der Waals surface area contributed by atoms with Gasteiger partial charge in [0.15, 0.2) is 0 Å². The van der Waals surface area contributed by atoms with Gasteiger partial charge >= 0.3 is 0 Å². The summed E-state index contributed by atoms with van der Waals surface area (Å²) >= 11 is 0. The fourth-order valence-corrected chi connectivity index (χ4v) is 0.565. The highest BCUT2D eigenvalue weighted by atomic mass is 16.1. The molecular formula is C11H27N3O. The second-order valence-electron chi connectivity index (χ2n) is 3.63. The van der Waals surface area contributed by atoms with Gasteiger partial charge in [-0.15, -0.1) is 0 Å². The monoisotopic (exact) mass is 217 g/mol. The highest BCUT2D eigenvalue weighted by Gasteiger charge is 2.05. The van der Waals surface area contributed by atoms with E-state index < -0.39 is 0 Å². The molecule has 0 bridgehead atoms. The molecule has 1 unspecified atom stereocenters. The number of carbonyl (C=O) groups is 1. The Balaban J connectivity index is 0. The average molecular weight is 217 g/mol. The molecule has 0 saturated carbocycles. The summed E-state index contributed by atoms with van der Waals surface area (Å²) in [5, 5.41) is 2.68. The highest BCUT2D eigenvalue weighted by Crippen LogP contribution is 1.93. The molecule has 0 radical (unpaired) electrons. The number of amides is 1. The molecule has 1 atom stereocenters. The van der Waals surface area contributed by atoms with Crippen LogP contribution in [0.2, 0.25) is 0 Å². The van der Waals surface area contributed by atoms with Gasteiger partial charge in [-0.2, -0.15) is 0 Å². The van der Waals surface area contributed by atoms with Crippen molar-refractivity contribution in [1.82, 2.24) is 5.32 Å². The number of nitrogens with one attached hydrogen (secondary N) is 1. The maximum atomic E-state index is 10.1. The number of rotatable bonds is 2. The number of nitrogens with two attached hydrogens (primary N) is 2. The fourth-order valence-electron chi connectivity index (χ4n) is 0.565. The van der Waals surface area contributed by atoms with E-state index in [2.05, 4.69) is 19.2 Å². The van der Waals surface area contributed by atoms with E-state index in [0.717, 1.165) is 38.8 Å². The van der Waals surface area contributed by atoms with Crippen LogP contribution < -0.4 is 16.8 Å². The molecule has 1 rings (SSSR count). The van der Waals surface area contributed by atoms with E-state index in [0.29, 0.717) is 6.04 Å². The first-order valence-corrected chi connectivity index (χ1v) is 5.80. The molecule has 1 aliphatic rings. The van der Waals surface area contributed by atoms with Crippen LogP contribution in [0.5, 0.6) is 0 Å². The van der Waals surface area contributed by atoms with Gasteiger partial charge < -0.3 is 16.8 Å². The van der Waals surface area contributed by atoms with Crippen molar-refractivity contribution < 1.29 is 4.79 Å². The maximum Gasteiger partial charge on any atom is 0.220 e. The van der Waals surface area contributed by atoms with E-state index in [1.54, 1.807) is 0 Å². The minimum Gasteiger partial charge on any atom is -0.356 e. The van der Waals surface area contributed by atoms with Gasteiger partial charge in [0.1, 0.15) is 0 Å². The van der Waals surface area contributed by atoms with Crippen molar-refractivity contribution in [1.29, 1.82) is 0 Å². The van der Waals surface area contributed by atoms with Gasteiger partial charge in [0.25, 0.3) is 0 Å². The molecule has 15 heavy (non-hydrogen) atoms.